The number of fused-ring (bicyclic) bond motifs is 1. The van der Waals surface area contributed by atoms with Crippen molar-refractivity contribution in [1.29, 1.82) is 0 Å². The number of carbonyl (C=O) groups is 4. The quantitative estimate of drug-likeness (QED) is 0.635. The Labute approximate surface area is 189 Å². The first-order valence-electron chi connectivity index (χ1n) is 9.71. The summed E-state index contributed by atoms with van der Waals surface area (Å²) < 4.78 is 0. The molecule has 0 saturated heterocycles. The third-order valence-electron chi connectivity index (χ3n) is 4.90. The number of imide groups is 1. The molecule has 0 aliphatic carbocycles. The number of rotatable bonds is 7. The molecule has 0 radical (unpaired) electrons. The average Bonchev–Trinajstić information content (AvgIpc) is 2.94. The zero-order chi connectivity index (χ0) is 22.7. The second-order valence-corrected chi connectivity index (χ2v) is 8.00. The molecular formula is C22H21Cl2N3O4. The van der Waals surface area contributed by atoms with E-state index in [1.165, 1.54) is 17.0 Å². The highest BCUT2D eigenvalue weighted by Gasteiger charge is 2.38. The molecule has 2 aromatic rings. The van der Waals surface area contributed by atoms with Crippen LogP contribution in [0.2, 0.25) is 10.0 Å². The lowest BCUT2D eigenvalue weighted by Gasteiger charge is -2.24. The summed E-state index contributed by atoms with van der Waals surface area (Å²) in [5.41, 5.74) is 1.76. The van der Waals surface area contributed by atoms with Crippen LogP contribution >= 0.6 is 23.2 Å². The molecule has 1 aliphatic rings. The molecule has 7 nitrogen and oxygen atoms in total. The Morgan fingerprint density at radius 1 is 1.03 bits per heavy atom. The molecule has 1 N–H and O–H groups in total. The zero-order valence-corrected chi connectivity index (χ0v) is 18.6. The average molecular weight is 462 g/mol. The van der Waals surface area contributed by atoms with Gasteiger partial charge in [0.15, 0.2) is 0 Å². The Morgan fingerprint density at radius 3 is 2.16 bits per heavy atom. The first kappa shape index (κ1) is 22.8. The number of carbonyl (C=O) groups excluding carboxylic acids is 4. The van der Waals surface area contributed by atoms with Gasteiger partial charge in [-0.25, -0.2) is 0 Å². The first-order valence-corrected chi connectivity index (χ1v) is 10.5. The molecule has 1 aliphatic heterocycles. The monoisotopic (exact) mass is 461 g/mol. The third-order valence-corrected chi connectivity index (χ3v) is 5.63. The van der Waals surface area contributed by atoms with Gasteiger partial charge in [0, 0.05) is 12.2 Å². The van der Waals surface area contributed by atoms with Crippen LogP contribution in [0.25, 0.3) is 0 Å². The molecule has 162 valence electrons. The van der Waals surface area contributed by atoms with Crippen LogP contribution < -0.4 is 5.32 Å². The maximum atomic E-state index is 12.9. The zero-order valence-electron chi connectivity index (χ0n) is 17.1. The van der Waals surface area contributed by atoms with Gasteiger partial charge in [0.2, 0.25) is 11.8 Å². The fraction of sp³-hybridized carbons (Fsp3) is 0.273. The summed E-state index contributed by atoms with van der Waals surface area (Å²) in [7, 11) is 0. The molecule has 0 fully saturated rings. The minimum Gasteiger partial charge on any atom is -0.332 e. The molecule has 2 aromatic carbocycles. The summed E-state index contributed by atoms with van der Waals surface area (Å²) >= 11 is 11.9. The number of anilines is 1. The smallest absolute Gasteiger partial charge is 0.262 e. The number of hydrogen-bond donors (Lipinski definition) is 1. The van der Waals surface area contributed by atoms with Crippen molar-refractivity contribution in [3.05, 3.63) is 63.1 Å². The van der Waals surface area contributed by atoms with Gasteiger partial charge in [0.05, 0.1) is 27.7 Å². The van der Waals surface area contributed by atoms with Crippen molar-refractivity contribution < 1.29 is 19.2 Å². The van der Waals surface area contributed by atoms with Crippen molar-refractivity contribution in [1.82, 2.24) is 9.80 Å². The molecule has 9 heteroatoms. The van der Waals surface area contributed by atoms with Crippen LogP contribution in [-0.2, 0) is 9.59 Å². The summed E-state index contributed by atoms with van der Waals surface area (Å²) in [6.07, 6.45) is 0.608. The molecule has 3 rings (SSSR count). The SMILES string of the molecule is CCCN(CC(=O)Nc1ccccc1C)C(=O)CN1C(=O)c2cc(Cl)c(Cl)cc2C1=O. The molecule has 0 unspecified atom stereocenters. The molecule has 0 atom stereocenters. The van der Waals surface area contributed by atoms with Gasteiger partial charge in [-0.1, -0.05) is 48.3 Å². The molecular weight excluding hydrogens is 441 g/mol. The van der Waals surface area contributed by atoms with E-state index in [0.717, 1.165) is 10.5 Å². The summed E-state index contributed by atoms with van der Waals surface area (Å²) in [6.45, 7) is 3.37. The van der Waals surface area contributed by atoms with Crippen molar-refractivity contribution in [3.8, 4) is 0 Å². The lowest BCUT2D eigenvalue weighted by atomic mass is 10.1. The summed E-state index contributed by atoms with van der Waals surface area (Å²) in [4.78, 5) is 52.8. The van der Waals surface area contributed by atoms with Crippen molar-refractivity contribution in [3.63, 3.8) is 0 Å². The van der Waals surface area contributed by atoms with Crippen LogP contribution in [0.15, 0.2) is 36.4 Å². The van der Waals surface area contributed by atoms with Gasteiger partial charge in [-0.3, -0.25) is 24.1 Å². The van der Waals surface area contributed by atoms with E-state index in [-0.39, 0.29) is 33.6 Å². The highest BCUT2D eigenvalue weighted by molar-refractivity contribution is 6.43. The standard InChI is InChI=1S/C22H21Cl2N3O4/c1-3-8-26(11-19(28)25-18-7-5-4-6-13(18)2)20(29)12-27-21(30)14-9-16(23)17(24)10-15(14)22(27)31/h4-7,9-10H,3,8,11-12H2,1-2H3,(H,25,28). The highest BCUT2D eigenvalue weighted by Crippen LogP contribution is 2.31. The summed E-state index contributed by atoms with van der Waals surface area (Å²) in [6, 6.07) is 9.95. The number of aryl methyl sites for hydroxylation is 1. The number of halogens is 2. The fourth-order valence-corrected chi connectivity index (χ4v) is 3.63. The van der Waals surface area contributed by atoms with Crippen LogP contribution in [0.5, 0.6) is 0 Å². The summed E-state index contributed by atoms with van der Waals surface area (Å²) in [5, 5.41) is 3.08. The van der Waals surface area contributed by atoms with Crippen LogP contribution in [0, 0.1) is 6.92 Å². The Bertz CT molecular complexity index is 1030. The number of nitrogens with zero attached hydrogens (tertiary/aromatic N) is 2. The van der Waals surface area contributed by atoms with Crippen LogP contribution in [-0.4, -0.2) is 53.1 Å². The Kier molecular flexibility index (Phi) is 6.97. The maximum Gasteiger partial charge on any atom is 0.262 e. The number of benzene rings is 2. The normalized spacial score (nSPS) is 12.7. The van der Waals surface area contributed by atoms with E-state index in [1.807, 2.05) is 26.0 Å². The molecule has 0 aromatic heterocycles. The van der Waals surface area contributed by atoms with Crippen LogP contribution in [0.1, 0.15) is 39.6 Å². The van der Waals surface area contributed by atoms with Gasteiger partial charge >= 0.3 is 0 Å². The number of para-hydroxylation sites is 1. The van der Waals surface area contributed by atoms with Gasteiger partial charge < -0.3 is 10.2 Å². The van der Waals surface area contributed by atoms with E-state index in [9.17, 15) is 19.2 Å². The van der Waals surface area contributed by atoms with Crippen molar-refractivity contribution in [2.75, 3.05) is 25.0 Å². The van der Waals surface area contributed by atoms with E-state index in [0.29, 0.717) is 18.7 Å². The van der Waals surface area contributed by atoms with Gasteiger partial charge in [0.1, 0.15) is 6.54 Å². The Balaban J connectivity index is 1.71. The van der Waals surface area contributed by atoms with E-state index >= 15 is 0 Å². The second kappa shape index (κ2) is 9.49. The molecule has 0 spiro atoms. The predicted octanol–water partition coefficient (Wildman–Crippen LogP) is 3.78. The molecule has 31 heavy (non-hydrogen) atoms. The molecule has 0 saturated carbocycles. The van der Waals surface area contributed by atoms with Gasteiger partial charge in [-0.05, 0) is 37.1 Å². The van der Waals surface area contributed by atoms with Crippen molar-refractivity contribution >= 4 is 52.5 Å². The van der Waals surface area contributed by atoms with E-state index in [1.54, 1.807) is 12.1 Å². The van der Waals surface area contributed by atoms with E-state index in [4.69, 9.17) is 23.2 Å². The lowest BCUT2D eigenvalue weighted by Crippen LogP contribution is -2.45. The minimum atomic E-state index is -0.618. The van der Waals surface area contributed by atoms with Gasteiger partial charge in [0.25, 0.3) is 11.8 Å². The molecule has 1 heterocycles. The molecule has 0 bridgehead atoms. The largest absolute Gasteiger partial charge is 0.332 e. The van der Waals surface area contributed by atoms with Gasteiger partial charge in [-0.2, -0.15) is 0 Å². The van der Waals surface area contributed by atoms with Crippen LogP contribution in [0.3, 0.4) is 0 Å². The summed E-state index contributed by atoms with van der Waals surface area (Å²) in [5.74, 6) is -2.11. The van der Waals surface area contributed by atoms with E-state index in [2.05, 4.69) is 5.32 Å². The maximum absolute atomic E-state index is 12.9. The number of amides is 4. The van der Waals surface area contributed by atoms with Crippen LogP contribution in [0.4, 0.5) is 5.69 Å². The first-order chi connectivity index (χ1) is 14.7. The lowest BCUT2D eigenvalue weighted by molar-refractivity contribution is -0.134. The van der Waals surface area contributed by atoms with Gasteiger partial charge in [-0.15, -0.1) is 0 Å². The second-order valence-electron chi connectivity index (χ2n) is 7.19. The Morgan fingerprint density at radius 2 is 1.61 bits per heavy atom. The topological polar surface area (TPSA) is 86.8 Å². The molecule has 4 amide bonds. The van der Waals surface area contributed by atoms with Crippen molar-refractivity contribution in [2.45, 2.75) is 20.3 Å². The number of hydrogen-bond acceptors (Lipinski definition) is 4. The Hall–Kier alpha value is -2.90. The van der Waals surface area contributed by atoms with E-state index < -0.39 is 24.3 Å². The third kappa shape index (κ3) is 4.89. The predicted molar refractivity (Wildman–Crippen MR) is 119 cm³/mol. The van der Waals surface area contributed by atoms with Crippen molar-refractivity contribution in [2.24, 2.45) is 0 Å². The number of nitrogens with one attached hydrogen (secondary N) is 1. The highest BCUT2D eigenvalue weighted by atomic mass is 35.5. The fourth-order valence-electron chi connectivity index (χ4n) is 3.30. The minimum absolute atomic E-state index is 0.103.